The second-order valence-corrected chi connectivity index (χ2v) is 6.22. The third kappa shape index (κ3) is 6.44. The molecule has 1 atom stereocenters. The molecule has 0 bridgehead atoms. The van der Waals surface area contributed by atoms with Crippen LogP contribution in [0.15, 0.2) is 0 Å². The van der Waals surface area contributed by atoms with Gasteiger partial charge in [-0.05, 0) is 51.1 Å². The topological polar surface area (TPSA) is 81.7 Å². The summed E-state index contributed by atoms with van der Waals surface area (Å²) in [5.74, 6) is -0.135. The minimum absolute atomic E-state index is 0.0241. The lowest BCUT2D eigenvalue weighted by atomic mass is 9.99. The number of nitrogens with one attached hydrogen (secondary N) is 2. The number of hydrogen-bond donors (Lipinski definition) is 3. The number of carbonyl (C=O) groups is 2. The standard InChI is InChI=1S/C15H27N3O3/c19-14(17-8-2-4-15(20)21)11-18(13-5-6-13)10-12-3-1-7-16-9-12/h12-13,16H,1-11H2,(H,17,19)(H,20,21). The fourth-order valence-electron chi connectivity index (χ4n) is 2.90. The molecule has 21 heavy (non-hydrogen) atoms. The van der Waals surface area contributed by atoms with E-state index in [1.54, 1.807) is 0 Å². The molecule has 1 aliphatic carbocycles. The second kappa shape index (κ2) is 8.34. The molecule has 1 unspecified atom stereocenters. The van der Waals surface area contributed by atoms with E-state index in [-0.39, 0.29) is 12.3 Å². The highest BCUT2D eigenvalue weighted by molar-refractivity contribution is 5.78. The van der Waals surface area contributed by atoms with Gasteiger partial charge < -0.3 is 15.7 Å². The van der Waals surface area contributed by atoms with Crippen molar-refractivity contribution in [1.29, 1.82) is 0 Å². The summed E-state index contributed by atoms with van der Waals surface area (Å²) in [5, 5.41) is 14.8. The molecule has 2 rings (SSSR count). The van der Waals surface area contributed by atoms with Gasteiger partial charge in [0, 0.05) is 25.6 Å². The molecule has 120 valence electrons. The van der Waals surface area contributed by atoms with Gasteiger partial charge in [0.05, 0.1) is 6.54 Å². The van der Waals surface area contributed by atoms with Crippen molar-refractivity contribution in [2.24, 2.45) is 5.92 Å². The smallest absolute Gasteiger partial charge is 0.303 e. The minimum atomic E-state index is -0.811. The molecule has 6 nitrogen and oxygen atoms in total. The van der Waals surface area contributed by atoms with Crippen molar-refractivity contribution < 1.29 is 14.7 Å². The van der Waals surface area contributed by atoms with Gasteiger partial charge in [-0.15, -0.1) is 0 Å². The largest absolute Gasteiger partial charge is 0.481 e. The number of carbonyl (C=O) groups excluding carboxylic acids is 1. The van der Waals surface area contributed by atoms with E-state index in [4.69, 9.17) is 5.11 Å². The van der Waals surface area contributed by atoms with E-state index in [2.05, 4.69) is 15.5 Å². The van der Waals surface area contributed by atoms with Crippen LogP contribution >= 0.6 is 0 Å². The number of carboxylic acid groups (broad SMARTS) is 1. The SMILES string of the molecule is O=C(O)CCCNC(=O)CN(CC1CCCNC1)C1CC1. The Labute approximate surface area is 126 Å². The second-order valence-electron chi connectivity index (χ2n) is 6.22. The maximum absolute atomic E-state index is 12.0. The average Bonchev–Trinajstić information content (AvgIpc) is 3.28. The van der Waals surface area contributed by atoms with Gasteiger partial charge in [-0.1, -0.05) is 0 Å². The highest BCUT2D eigenvalue weighted by Crippen LogP contribution is 2.28. The molecule has 3 N–H and O–H groups in total. The first-order valence-electron chi connectivity index (χ1n) is 8.08. The van der Waals surface area contributed by atoms with Crippen LogP contribution in [0.4, 0.5) is 0 Å². The van der Waals surface area contributed by atoms with Crippen molar-refractivity contribution >= 4 is 11.9 Å². The lowest BCUT2D eigenvalue weighted by Gasteiger charge is -2.29. The molecule has 1 saturated heterocycles. The van der Waals surface area contributed by atoms with Gasteiger partial charge in [-0.2, -0.15) is 0 Å². The van der Waals surface area contributed by atoms with Crippen LogP contribution in [0.3, 0.4) is 0 Å². The first kappa shape index (κ1) is 16.2. The van der Waals surface area contributed by atoms with Crippen LogP contribution in [-0.4, -0.2) is 60.6 Å². The predicted molar refractivity (Wildman–Crippen MR) is 80.1 cm³/mol. The first-order valence-corrected chi connectivity index (χ1v) is 8.08. The van der Waals surface area contributed by atoms with Gasteiger partial charge in [-0.25, -0.2) is 0 Å². The fraction of sp³-hybridized carbons (Fsp3) is 0.867. The van der Waals surface area contributed by atoms with Gasteiger partial charge in [0.15, 0.2) is 0 Å². The molecule has 1 aliphatic heterocycles. The summed E-state index contributed by atoms with van der Waals surface area (Å²) in [4.78, 5) is 24.7. The summed E-state index contributed by atoms with van der Waals surface area (Å²) in [5.41, 5.74) is 0. The van der Waals surface area contributed by atoms with E-state index in [0.717, 1.165) is 19.6 Å². The van der Waals surface area contributed by atoms with Crippen LogP contribution in [0.5, 0.6) is 0 Å². The highest BCUT2D eigenvalue weighted by Gasteiger charge is 2.32. The zero-order valence-electron chi connectivity index (χ0n) is 12.6. The normalized spacial score (nSPS) is 22.2. The Balaban J connectivity index is 1.66. The number of aliphatic carboxylic acids is 1. The molecular formula is C15H27N3O3. The molecule has 1 heterocycles. The van der Waals surface area contributed by atoms with Gasteiger partial charge in [0.1, 0.15) is 0 Å². The quantitative estimate of drug-likeness (QED) is 0.538. The van der Waals surface area contributed by atoms with E-state index in [0.29, 0.717) is 31.5 Å². The summed E-state index contributed by atoms with van der Waals surface area (Å²) >= 11 is 0. The molecule has 0 aromatic rings. The van der Waals surface area contributed by atoms with E-state index in [1.807, 2.05) is 0 Å². The minimum Gasteiger partial charge on any atom is -0.481 e. The molecule has 1 amide bonds. The maximum atomic E-state index is 12.0. The van der Waals surface area contributed by atoms with Crippen LogP contribution in [0.25, 0.3) is 0 Å². The van der Waals surface area contributed by atoms with E-state index < -0.39 is 5.97 Å². The molecule has 2 aliphatic rings. The van der Waals surface area contributed by atoms with Crippen molar-refractivity contribution in [2.45, 2.75) is 44.6 Å². The van der Waals surface area contributed by atoms with Gasteiger partial charge >= 0.3 is 5.97 Å². The monoisotopic (exact) mass is 297 g/mol. The summed E-state index contributed by atoms with van der Waals surface area (Å²) < 4.78 is 0. The Morgan fingerprint density at radius 2 is 2.10 bits per heavy atom. The summed E-state index contributed by atoms with van der Waals surface area (Å²) in [6.07, 6.45) is 5.48. The molecule has 2 fully saturated rings. The highest BCUT2D eigenvalue weighted by atomic mass is 16.4. The molecule has 0 aromatic heterocycles. The van der Waals surface area contributed by atoms with E-state index >= 15 is 0 Å². The van der Waals surface area contributed by atoms with Crippen molar-refractivity contribution in [3.63, 3.8) is 0 Å². The number of hydrogen-bond acceptors (Lipinski definition) is 4. The number of nitrogens with zero attached hydrogens (tertiary/aromatic N) is 1. The Morgan fingerprint density at radius 3 is 2.71 bits per heavy atom. The molecular weight excluding hydrogens is 270 g/mol. The van der Waals surface area contributed by atoms with Crippen molar-refractivity contribution in [3.8, 4) is 0 Å². The lowest BCUT2D eigenvalue weighted by Crippen LogP contribution is -2.44. The third-order valence-electron chi connectivity index (χ3n) is 4.19. The summed E-state index contributed by atoms with van der Waals surface area (Å²) in [6.45, 7) is 4.08. The van der Waals surface area contributed by atoms with Crippen LogP contribution in [0.1, 0.15) is 38.5 Å². The van der Waals surface area contributed by atoms with Gasteiger partial charge in [0.2, 0.25) is 5.91 Å². The van der Waals surface area contributed by atoms with Crippen LogP contribution in [0.2, 0.25) is 0 Å². The molecule has 0 radical (unpaired) electrons. The first-order chi connectivity index (χ1) is 10.1. The lowest BCUT2D eigenvalue weighted by molar-refractivity contribution is -0.137. The van der Waals surface area contributed by atoms with Crippen molar-refractivity contribution in [1.82, 2.24) is 15.5 Å². The number of rotatable bonds is 9. The van der Waals surface area contributed by atoms with Crippen LogP contribution in [0, 0.1) is 5.92 Å². The molecule has 0 spiro atoms. The predicted octanol–water partition coefficient (Wildman–Crippen LogP) is 0.431. The average molecular weight is 297 g/mol. The summed E-state index contributed by atoms with van der Waals surface area (Å²) in [6, 6.07) is 0.580. The molecule has 1 saturated carbocycles. The number of piperidine rings is 1. The summed E-state index contributed by atoms with van der Waals surface area (Å²) in [7, 11) is 0. The third-order valence-corrected chi connectivity index (χ3v) is 4.19. The van der Waals surface area contributed by atoms with Gasteiger partial charge in [0.25, 0.3) is 0 Å². The fourth-order valence-corrected chi connectivity index (χ4v) is 2.90. The number of carboxylic acids is 1. The molecule has 0 aromatic carbocycles. The Kier molecular flexibility index (Phi) is 6.45. The van der Waals surface area contributed by atoms with Crippen molar-refractivity contribution in [3.05, 3.63) is 0 Å². The van der Waals surface area contributed by atoms with E-state index in [9.17, 15) is 9.59 Å². The van der Waals surface area contributed by atoms with E-state index in [1.165, 1.54) is 25.7 Å². The number of amides is 1. The Morgan fingerprint density at radius 1 is 1.29 bits per heavy atom. The zero-order chi connectivity index (χ0) is 15.1. The molecule has 6 heteroatoms. The van der Waals surface area contributed by atoms with Gasteiger partial charge in [-0.3, -0.25) is 14.5 Å². The van der Waals surface area contributed by atoms with Crippen molar-refractivity contribution in [2.75, 3.05) is 32.7 Å². The zero-order valence-corrected chi connectivity index (χ0v) is 12.6. The Bertz CT molecular complexity index is 352. The maximum Gasteiger partial charge on any atom is 0.303 e. The van der Waals surface area contributed by atoms with Crippen LogP contribution < -0.4 is 10.6 Å². The Hall–Kier alpha value is -1.14. The van der Waals surface area contributed by atoms with Crippen LogP contribution in [-0.2, 0) is 9.59 Å².